The van der Waals surface area contributed by atoms with Crippen LogP contribution in [0.4, 0.5) is 0 Å². The van der Waals surface area contributed by atoms with Crippen LogP contribution < -0.4 is 4.74 Å². The highest BCUT2D eigenvalue weighted by Gasteiger charge is 2.08. The van der Waals surface area contributed by atoms with Gasteiger partial charge in [-0.15, -0.1) is 11.3 Å². The van der Waals surface area contributed by atoms with E-state index >= 15 is 0 Å². The largest absolute Gasteiger partial charge is 0.488 e. The highest BCUT2D eigenvalue weighted by atomic mass is 32.1. The fourth-order valence-corrected chi connectivity index (χ4v) is 3.69. The van der Waals surface area contributed by atoms with Crippen molar-refractivity contribution in [3.05, 3.63) is 76.2 Å². The van der Waals surface area contributed by atoms with Gasteiger partial charge in [0, 0.05) is 15.3 Å². The minimum atomic E-state index is 0.538. The van der Waals surface area contributed by atoms with Crippen LogP contribution in [-0.2, 0) is 6.61 Å². The van der Waals surface area contributed by atoms with Crippen LogP contribution in [0.3, 0.4) is 0 Å². The van der Waals surface area contributed by atoms with Gasteiger partial charge in [0.1, 0.15) is 18.6 Å². The van der Waals surface area contributed by atoms with Crippen LogP contribution in [0.15, 0.2) is 54.6 Å². The van der Waals surface area contributed by atoms with Gasteiger partial charge in [0.05, 0.1) is 0 Å². The highest BCUT2D eigenvalue weighted by Crippen LogP contribution is 2.33. The highest BCUT2D eigenvalue weighted by molar-refractivity contribution is 7.15. The Labute approximate surface area is 140 Å². The van der Waals surface area contributed by atoms with E-state index in [1.165, 1.54) is 26.4 Å². The van der Waals surface area contributed by atoms with Crippen LogP contribution in [0.1, 0.15) is 26.4 Å². The van der Waals surface area contributed by atoms with E-state index in [1.807, 2.05) is 12.1 Å². The van der Waals surface area contributed by atoms with Crippen molar-refractivity contribution in [3.8, 4) is 16.2 Å². The maximum absolute atomic E-state index is 10.7. The summed E-state index contributed by atoms with van der Waals surface area (Å²) in [6.45, 7) is 4.83. The third-order valence-electron chi connectivity index (χ3n) is 3.79. The molecular weight excluding hydrogens is 304 g/mol. The first-order valence-electron chi connectivity index (χ1n) is 7.51. The number of aldehydes is 1. The molecule has 3 aromatic rings. The van der Waals surface area contributed by atoms with E-state index < -0.39 is 0 Å². The molecule has 0 amide bonds. The molecule has 1 heterocycles. The maximum atomic E-state index is 10.7. The molecule has 0 radical (unpaired) electrons. The minimum Gasteiger partial charge on any atom is -0.488 e. The van der Waals surface area contributed by atoms with Gasteiger partial charge in [-0.25, -0.2) is 0 Å². The van der Waals surface area contributed by atoms with Gasteiger partial charge in [0.2, 0.25) is 0 Å². The lowest BCUT2D eigenvalue weighted by Gasteiger charge is -2.07. The molecular formula is C20H18O2S. The van der Waals surface area contributed by atoms with E-state index in [2.05, 4.69) is 44.2 Å². The molecule has 0 saturated heterocycles. The van der Waals surface area contributed by atoms with Gasteiger partial charge < -0.3 is 4.74 Å². The second-order valence-corrected chi connectivity index (χ2v) is 6.68. The third-order valence-corrected chi connectivity index (χ3v) is 4.86. The number of carbonyl (C=O) groups excluding carboxylic acids is 1. The zero-order chi connectivity index (χ0) is 16.2. The topological polar surface area (TPSA) is 26.3 Å². The van der Waals surface area contributed by atoms with Gasteiger partial charge in [0.25, 0.3) is 0 Å². The number of thiophene rings is 1. The lowest BCUT2D eigenvalue weighted by Crippen LogP contribution is -1.92. The summed E-state index contributed by atoms with van der Waals surface area (Å²) in [5.41, 5.74) is 4.57. The van der Waals surface area contributed by atoms with Crippen molar-refractivity contribution in [2.75, 3.05) is 0 Å². The number of rotatable bonds is 5. The van der Waals surface area contributed by atoms with E-state index in [0.29, 0.717) is 12.2 Å². The molecule has 0 N–H and O–H groups in total. The Balaban J connectivity index is 1.73. The number of hydrogen-bond donors (Lipinski definition) is 0. The lowest BCUT2D eigenvalue weighted by atomic mass is 10.0. The molecule has 0 fully saturated rings. The maximum Gasteiger partial charge on any atom is 0.150 e. The molecule has 0 aliphatic heterocycles. The number of ether oxygens (including phenoxy) is 1. The summed E-state index contributed by atoms with van der Waals surface area (Å²) in [5, 5.41) is 0. The molecule has 3 rings (SSSR count). The van der Waals surface area contributed by atoms with Gasteiger partial charge in [-0.1, -0.05) is 18.2 Å². The second-order valence-electron chi connectivity index (χ2n) is 5.51. The molecule has 0 spiro atoms. The summed E-state index contributed by atoms with van der Waals surface area (Å²) >= 11 is 1.76. The minimum absolute atomic E-state index is 0.538. The van der Waals surface area contributed by atoms with Crippen LogP contribution >= 0.6 is 11.3 Å². The van der Waals surface area contributed by atoms with Gasteiger partial charge in [-0.3, -0.25) is 4.79 Å². The summed E-state index contributed by atoms with van der Waals surface area (Å²) in [6.07, 6.45) is 0.833. The van der Waals surface area contributed by atoms with Crippen LogP contribution in [0.25, 0.3) is 10.4 Å². The predicted molar refractivity (Wildman–Crippen MR) is 95.4 cm³/mol. The smallest absolute Gasteiger partial charge is 0.150 e. The van der Waals surface area contributed by atoms with Gasteiger partial charge in [0.15, 0.2) is 0 Å². The summed E-state index contributed by atoms with van der Waals surface area (Å²) in [5.74, 6) is 0.776. The standard InChI is InChI=1S/C20H18O2S/c1-14-4-3-5-15(2)20(14)19-11-10-18(23-19)13-22-17-8-6-16(12-21)7-9-17/h3-12H,13H2,1-2H3. The molecule has 3 heteroatoms. The van der Waals surface area contributed by atoms with Crippen LogP contribution in [0.2, 0.25) is 0 Å². The van der Waals surface area contributed by atoms with E-state index in [4.69, 9.17) is 4.74 Å². The van der Waals surface area contributed by atoms with Crippen molar-refractivity contribution in [2.24, 2.45) is 0 Å². The van der Waals surface area contributed by atoms with Crippen LogP contribution in [-0.4, -0.2) is 6.29 Å². The van der Waals surface area contributed by atoms with Crippen LogP contribution in [0.5, 0.6) is 5.75 Å². The lowest BCUT2D eigenvalue weighted by molar-refractivity contribution is 0.112. The normalized spacial score (nSPS) is 10.5. The average Bonchev–Trinajstić information content (AvgIpc) is 3.02. The fraction of sp³-hybridized carbons (Fsp3) is 0.150. The second kappa shape index (κ2) is 6.80. The van der Waals surface area contributed by atoms with Crippen LogP contribution in [0, 0.1) is 13.8 Å². The molecule has 0 unspecified atom stereocenters. The predicted octanol–water partition coefficient (Wildman–Crippen LogP) is 5.42. The monoisotopic (exact) mass is 322 g/mol. The molecule has 116 valence electrons. The quantitative estimate of drug-likeness (QED) is 0.586. The Morgan fingerprint density at radius 3 is 2.30 bits per heavy atom. The van der Waals surface area contributed by atoms with E-state index in [9.17, 15) is 4.79 Å². The Morgan fingerprint density at radius 1 is 0.957 bits per heavy atom. The third kappa shape index (κ3) is 3.51. The summed E-state index contributed by atoms with van der Waals surface area (Å²) in [4.78, 5) is 13.1. The van der Waals surface area contributed by atoms with E-state index in [1.54, 1.807) is 23.5 Å². The van der Waals surface area contributed by atoms with Crippen molar-refractivity contribution in [2.45, 2.75) is 20.5 Å². The molecule has 1 aromatic heterocycles. The van der Waals surface area contributed by atoms with E-state index in [0.717, 1.165) is 12.0 Å². The fourth-order valence-electron chi connectivity index (χ4n) is 2.59. The SMILES string of the molecule is Cc1cccc(C)c1-c1ccc(COc2ccc(C=O)cc2)s1. The molecule has 0 aliphatic carbocycles. The van der Waals surface area contributed by atoms with Gasteiger partial charge >= 0.3 is 0 Å². The summed E-state index contributed by atoms with van der Waals surface area (Å²) < 4.78 is 5.80. The first-order valence-corrected chi connectivity index (χ1v) is 8.32. The Morgan fingerprint density at radius 2 is 1.65 bits per heavy atom. The van der Waals surface area contributed by atoms with Crippen molar-refractivity contribution in [3.63, 3.8) is 0 Å². The number of aryl methyl sites for hydroxylation is 2. The van der Waals surface area contributed by atoms with E-state index in [-0.39, 0.29) is 0 Å². The first-order chi connectivity index (χ1) is 11.2. The Kier molecular flexibility index (Phi) is 4.58. The first kappa shape index (κ1) is 15.5. The van der Waals surface area contributed by atoms with Crippen molar-refractivity contribution in [1.29, 1.82) is 0 Å². The number of benzene rings is 2. The van der Waals surface area contributed by atoms with Gasteiger partial charge in [-0.2, -0.15) is 0 Å². The molecule has 2 aromatic carbocycles. The number of carbonyl (C=O) groups is 1. The molecule has 0 saturated carbocycles. The summed E-state index contributed by atoms with van der Waals surface area (Å²) in [7, 11) is 0. The molecule has 2 nitrogen and oxygen atoms in total. The molecule has 0 atom stereocenters. The molecule has 0 aliphatic rings. The van der Waals surface area contributed by atoms with Crippen molar-refractivity contribution < 1.29 is 9.53 Å². The average molecular weight is 322 g/mol. The number of hydrogen-bond acceptors (Lipinski definition) is 3. The Bertz CT molecular complexity index is 796. The molecule has 23 heavy (non-hydrogen) atoms. The summed E-state index contributed by atoms with van der Waals surface area (Å²) in [6, 6.07) is 17.8. The Hall–Kier alpha value is -2.39. The zero-order valence-corrected chi connectivity index (χ0v) is 14.0. The van der Waals surface area contributed by atoms with Gasteiger partial charge in [-0.05, 0) is 66.9 Å². The molecule has 0 bridgehead atoms. The van der Waals surface area contributed by atoms with Crippen molar-refractivity contribution in [1.82, 2.24) is 0 Å². The zero-order valence-electron chi connectivity index (χ0n) is 13.2. The van der Waals surface area contributed by atoms with Crippen molar-refractivity contribution >= 4 is 17.6 Å².